The molecule has 0 saturated heterocycles. The van der Waals surface area contributed by atoms with E-state index in [0.717, 1.165) is 0 Å². The van der Waals surface area contributed by atoms with Gasteiger partial charge in [0.2, 0.25) is 0 Å². The molecule has 3 rings (SSSR count). The molecule has 3 nitrogen and oxygen atoms in total. The summed E-state index contributed by atoms with van der Waals surface area (Å²) in [4.78, 5) is 4.08. The lowest BCUT2D eigenvalue weighted by Crippen LogP contribution is -2.32. The van der Waals surface area contributed by atoms with Gasteiger partial charge in [-0.2, -0.15) is 0 Å². The van der Waals surface area contributed by atoms with Crippen LogP contribution in [0.25, 0.3) is 10.9 Å². The van der Waals surface area contributed by atoms with Gasteiger partial charge in [0.15, 0.2) is 0 Å². The number of benzene rings is 2. The van der Waals surface area contributed by atoms with E-state index >= 15 is 0 Å². The van der Waals surface area contributed by atoms with Crippen LogP contribution in [-0.2, 0) is 5.41 Å². The van der Waals surface area contributed by atoms with Gasteiger partial charge in [-0.3, -0.25) is 0 Å². The second-order valence-electron chi connectivity index (χ2n) is 6.60. The molecule has 1 heterocycles. The summed E-state index contributed by atoms with van der Waals surface area (Å²) in [5.41, 5.74) is -0.320. The molecule has 0 saturated carbocycles. The summed E-state index contributed by atoms with van der Waals surface area (Å²) < 4.78 is 34.0. The molecular formula is C20H19F2NO2. The molecule has 0 radical (unpaired) electrons. The van der Waals surface area contributed by atoms with Crippen LogP contribution in [0.5, 0.6) is 11.5 Å². The van der Waals surface area contributed by atoms with Crippen LogP contribution in [0.3, 0.4) is 0 Å². The van der Waals surface area contributed by atoms with E-state index in [-0.39, 0.29) is 11.1 Å². The second-order valence-corrected chi connectivity index (χ2v) is 6.60. The molecule has 1 atom stereocenters. The van der Waals surface area contributed by atoms with Crippen molar-refractivity contribution in [3.05, 3.63) is 65.9 Å². The summed E-state index contributed by atoms with van der Waals surface area (Å²) in [6.45, 7) is 5.10. The van der Waals surface area contributed by atoms with E-state index in [0.29, 0.717) is 16.9 Å². The lowest BCUT2D eigenvalue weighted by atomic mass is 9.79. The first-order chi connectivity index (χ1) is 11.8. The zero-order valence-corrected chi connectivity index (χ0v) is 14.3. The van der Waals surface area contributed by atoms with Crippen molar-refractivity contribution in [3.63, 3.8) is 0 Å². The fourth-order valence-electron chi connectivity index (χ4n) is 2.71. The van der Waals surface area contributed by atoms with Gasteiger partial charge < -0.3 is 9.84 Å². The second kappa shape index (κ2) is 6.41. The van der Waals surface area contributed by atoms with E-state index in [1.165, 1.54) is 18.3 Å². The third-order valence-corrected chi connectivity index (χ3v) is 4.53. The van der Waals surface area contributed by atoms with Gasteiger partial charge in [-0.25, -0.2) is 13.8 Å². The van der Waals surface area contributed by atoms with Crippen molar-refractivity contribution < 1.29 is 18.6 Å². The molecule has 0 aliphatic heterocycles. The van der Waals surface area contributed by atoms with E-state index in [2.05, 4.69) is 4.98 Å². The predicted molar refractivity (Wildman–Crippen MR) is 92.9 cm³/mol. The van der Waals surface area contributed by atoms with Crippen molar-refractivity contribution in [2.45, 2.75) is 32.3 Å². The average molecular weight is 343 g/mol. The number of halogens is 2. The Labute approximate surface area is 144 Å². The van der Waals surface area contributed by atoms with Gasteiger partial charge in [0.05, 0.1) is 12.3 Å². The maximum absolute atomic E-state index is 14.5. The molecule has 0 spiro atoms. The Kier molecular flexibility index (Phi) is 4.43. The topological polar surface area (TPSA) is 42.4 Å². The highest BCUT2D eigenvalue weighted by Gasteiger charge is 2.33. The van der Waals surface area contributed by atoms with E-state index in [9.17, 15) is 13.9 Å². The van der Waals surface area contributed by atoms with Crippen molar-refractivity contribution in [2.75, 3.05) is 0 Å². The average Bonchev–Trinajstić information content (AvgIpc) is 2.54. The van der Waals surface area contributed by atoms with E-state index in [4.69, 9.17) is 4.74 Å². The van der Waals surface area contributed by atoms with Crippen LogP contribution in [0.4, 0.5) is 8.78 Å². The molecule has 0 amide bonds. The SMILES string of the molecule is CC(O)C(C)(C)c1c(F)cccc1Oc1cnc2c(F)cccc2c1. The van der Waals surface area contributed by atoms with Crippen molar-refractivity contribution in [1.82, 2.24) is 4.98 Å². The van der Waals surface area contributed by atoms with Gasteiger partial charge in [0, 0.05) is 16.4 Å². The van der Waals surface area contributed by atoms with Crippen LogP contribution in [0.15, 0.2) is 48.7 Å². The number of fused-ring (bicyclic) bond motifs is 1. The minimum Gasteiger partial charge on any atom is -0.455 e. The van der Waals surface area contributed by atoms with Crippen LogP contribution in [0.1, 0.15) is 26.3 Å². The smallest absolute Gasteiger partial charge is 0.149 e. The fraction of sp³-hybridized carbons (Fsp3) is 0.250. The largest absolute Gasteiger partial charge is 0.455 e. The third kappa shape index (κ3) is 3.20. The molecule has 1 unspecified atom stereocenters. The number of hydrogen-bond acceptors (Lipinski definition) is 3. The molecule has 1 aromatic heterocycles. The number of para-hydroxylation sites is 1. The summed E-state index contributed by atoms with van der Waals surface area (Å²) in [6, 6.07) is 10.8. The Morgan fingerprint density at radius 3 is 2.48 bits per heavy atom. The van der Waals surface area contributed by atoms with E-state index in [1.54, 1.807) is 51.1 Å². The Hall–Kier alpha value is -2.53. The number of aromatic nitrogens is 1. The summed E-state index contributed by atoms with van der Waals surface area (Å²) in [6.07, 6.45) is 0.616. The highest BCUT2D eigenvalue weighted by Crippen LogP contribution is 2.38. The Morgan fingerprint density at radius 2 is 1.76 bits per heavy atom. The van der Waals surface area contributed by atoms with Crippen molar-refractivity contribution in [3.8, 4) is 11.5 Å². The van der Waals surface area contributed by atoms with Crippen LogP contribution in [-0.4, -0.2) is 16.2 Å². The minimum absolute atomic E-state index is 0.249. The number of nitrogens with zero attached hydrogens (tertiary/aromatic N) is 1. The molecular weight excluding hydrogens is 324 g/mol. The highest BCUT2D eigenvalue weighted by molar-refractivity contribution is 5.80. The van der Waals surface area contributed by atoms with Gasteiger partial charge in [-0.05, 0) is 31.2 Å². The number of pyridine rings is 1. The fourth-order valence-corrected chi connectivity index (χ4v) is 2.71. The first-order valence-corrected chi connectivity index (χ1v) is 8.00. The number of rotatable bonds is 4. The Bertz CT molecular complexity index is 923. The number of aliphatic hydroxyl groups is 1. The number of hydrogen-bond donors (Lipinski definition) is 1. The van der Waals surface area contributed by atoms with Crippen LogP contribution in [0.2, 0.25) is 0 Å². The summed E-state index contributed by atoms with van der Waals surface area (Å²) >= 11 is 0. The quantitative estimate of drug-likeness (QED) is 0.728. The molecule has 0 aliphatic rings. The molecule has 0 bridgehead atoms. The maximum atomic E-state index is 14.5. The van der Waals surface area contributed by atoms with Gasteiger partial charge in [0.1, 0.15) is 28.7 Å². The maximum Gasteiger partial charge on any atom is 0.149 e. The standard InChI is InChI=1S/C20H19F2NO2/c1-12(24)20(2,3)18-15(21)7-5-9-17(18)25-14-10-13-6-4-8-16(22)19(13)23-11-14/h4-12,24H,1-3H3. The summed E-state index contributed by atoms with van der Waals surface area (Å²) in [5.74, 6) is -0.205. The zero-order chi connectivity index (χ0) is 18.2. The normalized spacial score (nSPS) is 13.0. The van der Waals surface area contributed by atoms with Crippen LogP contribution >= 0.6 is 0 Å². The molecule has 1 N–H and O–H groups in total. The Balaban J connectivity index is 2.06. The monoisotopic (exact) mass is 343 g/mol. The molecule has 0 fully saturated rings. The number of aliphatic hydroxyl groups excluding tert-OH is 1. The third-order valence-electron chi connectivity index (χ3n) is 4.53. The van der Waals surface area contributed by atoms with Crippen molar-refractivity contribution in [1.29, 1.82) is 0 Å². The van der Waals surface area contributed by atoms with Crippen LogP contribution < -0.4 is 4.74 Å². The molecule has 130 valence electrons. The summed E-state index contributed by atoms with van der Waals surface area (Å²) in [7, 11) is 0. The molecule has 0 aliphatic carbocycles. The Morgan fingerprint density at radius 1 is 1.08 bits per heavy atom. The minimum atomic E-state index is -0.850. The highest BCUT2D eigenvalue weighted by atomic mass is 19.1. The van der Waals surface area contributed by atoms with Gasteiger partial charge in [-0.15, -0.1) is 0 Å². The molecule has 3 aromatic rings. The van der Waals surface area contributed by atoms with Crippen LogP contribution in [0, 0.1) is 11.6 Å². The van der Waals surface area contributed by atoms with Gasteiger partial charge in [0.25, 0.3) is 0 Å². The summed E-state index contributed by atoms with van der Waals surface area (Å²) in [5, 5.41) is 10.6. The van der Waals surface area contributed by atoms with Gasteiger partial charge >= 0.3 is 0 Å². The first-order valence-electron chi connectivity index (χ1n) is 8.00. The van der Waals surface area contributed by atoms with Crippen molar-refractivity contribution in [2.24, 2.45) is 0 Å². The lowest BCUT2D eigenvalue weighted by molar-refractivity contribution is 0.114. The van der Waals surface area contributed by atoms with Gasteiger partial charge in [-0.1, -0.05) is 32.0 Å². The van der Waals surface area contributed by atoms with E-state index in [1.807, 2.05) is 0 Å². The lowest BCUT2D eigenvalue weighted by Gasteiger charge is -2.30. The molecule has 5 heteroatoms. The molecule has 25 heavy (non-hydrogen) atoms. The van der Waals surface area contributed by atoms with Crippen molar-refractivity contribution >= 4 is 10.9 Å². The zero-order valence-electron chi connectivity index (χ0n) is 14.3. The predicted octanol–water partition coefficient (Wildman–Crippen LogP) is 4.96. The first kappa shape index (κ1) is 17.3. The molecule has 2 aromatic carbocycles. The number of ether oxygens (including phenoxy) is 1. The van der Waals surface area contributed by atoms with E-state index < -0.39 is 23.2 Å².